The van der Waals surface area contributed by atoms with Gasteiger partial charge in [0.15, 0.2) is 0 Å². The molecule has 1 aromatic rings. The molecule has 5 heteroatoms. The molecule has 0 aromatic heterocycles. The van der Waals surface area contributed by atoms with Crippen molar-refractivity contribution < 1.29 is 14.3 Å². The molecule has 19 heavy (non-hydrogen) atoms. The third-order valence-electron chi connectivity index (χ3n) is 2.43. The van der Waals surface area contributed by atoms with Crippen LogP contribution in [-0.4, -0.2) is 37.5 Å². The van der Waals surface area contributed by atoms with Crippen LogP contribution in [0, 0.1) is 11.3 Å². The fourth-order valence-corrected chi connectivity index (χ4v) is 1.33. The van der Waals surface area contributed by atoms with Crippen molar-refractivity contribution in [2.24, 2.45) is 0 Å². The summed E-state index contributed by atoms with van der Waals surface area (Å²) in [4.78, 5) is 24.1. The lowest BCUT2D eigenvalue weighted by Gasteiger charge is -2.08. The largest absolute Gasteiger partial charge is 0.465 e. The molecular weight excluding hydrogens is 244 g/mol. The summed E-state index contributed by atoms with van der Waals surface area (Å²) in [5, 5.41) is 8.46. The molecule has 0 atom stereocenters. The standard InChI is InChI=1S/C14H14N2O3/c1-16(10-9-15)13(17)8-5-11-3-6-12(7-4-11)14(18)19-2/h3-8H,10H2,1-2H3/b8-5+. The number of ether oxygens (including phenoxy) is 1. The van der Waals surface area contributed by atoms with Crippen LogP contribution in [0.3, 0.4) is 0 Å². The molecule has 1 aromatic carbocycles. The average molecular weight is 258 g/mol. The minimum absolute atomic E-state index is 0.0461. The van der Waals surface area contributed by atoms with Crippen LogP contribution < -0.4 is 0 Å². The van der Waals surface area contributed by atoms with Crippen LogP contribution in [-0.2, 0) is 9.53 Å². The molecule has 98 valence electrons. The summed E-state index contributed by atoms with van der Waals surface area (Å²) in [6, 6.07) is 8.55. The number of rotatable bonds is 4. The fraction of sp³-hybridized carbons (Fsp3) is 0.214. The Balaban J connectivity index is 2.70. The van der Waals surface area contributed by atoms with Crippen molar-refractivity contribution in [3.05, 3.63) is 41.5 Å². The van der Waals surface area contributed by atoms with E-state index in [2.05, 4.69) is 4.74 Å². The van der Waals surface area contributed by atoms with Crippen LogP contribution in [0.25, 0.3) is 6.08 Å². The second kappa shape index (κ2) is 6.97. The van der Waals surface area contributed by atoms with Crippen LogP contribution in [0.4, 0.5) is 0 Å². The average Bonchev–Trinajstić information content (AvgIpc) is 2.44. The Kier molecular flexibility index (Phi) is 5.30. The van der Waals surface area contributed by atoms with Gasteiger partial charge in [-0.15, -0.1) is 0 Å². The molecule has 0 heterocycles. The van der Waals surface area contributed by atoms with Gasteiger partial charge in [-0.25, -0.2) is 4.79 Å². The molecule has 0 aliphatic heterocycles. The van der Waals surface area contributed by atoms with E-state index < -0.39 is 5.97 Å². The number of carbonyl (C=O) groups is 2. The second-order valence-electron chi connectivity index (χ2n) is 3.80. The summed E-state index contributed by atoms with van der Waals surface area (Å²) < 4.78 is 4.58. The van der Waals surface area contributed by atoms with E-state index in [1.54, 1.807) is 37.4 Å². The summed E-state index contributed by atoms with van der Waals surface area (Å²) in [5.41, 5.74) is 1.24. The number of amides is 1. The predicted octanol–water partition coefficient (Wildman–Crippen LogP) is 1.47. The van der Waals surface area contributed by atoms with E-state index >= 15 is 0 Å². The van der Waals surface area contributed by atoms with Crippen molar-refractivity contribution in [3.8, 4) is 6.07 Å². The minimum atomic E-state index is -0.402. The molecule has 5 nitrogen and oxygen atoms in total. The third kappa shape index (κ3) is 4.28. The molecule has 0 bridgehead atoms. The van der Waals surface area contributed by atoms with Crippen LogP contribution in [0.2, 0.25) is 0 Å². The number of carbonyl (C=O) groups excluding carboxylic acids is 2. The quantitative estimate of drug-likeness (QED) is 0.466. The first-order valence-corrected chi connectivity index (χ1v) is 5.57. The van der Waals surface area contributed by atoms with Gasteiger partial charge in [-0.2, -0.15) is 5.26 Å². The van der Waals surface area contributed by atoms with Gasteiger partial charge in [0, 0.05) is 13.1 Å². The van der Waals surface area contributed by atoms with E-state index in [9.17, 15) is 9.59 Å². The molecule has 0 unspecified atom stereocenters. The van der Waals surface area contributed by atoms with Crippen molar-refractivity contribution in [3.63, 3.8) is 0 Å². The lowest BCUT2D eigenvalue weighted by atomic mass is 10.1. The molecule has 0 aliphatic carbocycles. The van der Waals surface area contributed by atoms with Gasteiger partial charge in [-0.05, 0) is 23.8 Å². The lowest BCUT2D eigenvalue weighted by Crippen LogP contribution is -2.24. The molecule has 0 aliphatic rings. The maximum atomic E-state index is 11.5. The highest BCUT2D eigenvalue weighted by Gasteiger charge is 2.04. The van der Waals surface area contributed by atoms with Crippen molar-refractivity contribution in [1.29, 1.82) is 5.26 Å². The van der Waals surface area contributed by atoms with E-state index in [1.807, 2.05) is 6.07 Å². The molecule has 0 radical (unpaired) electrons. The Labute approximate surface area is 111 Å². The number of methoxy groups -OCH3 is 1. The van der Waals surface area contributed by atoms with E-state index in [0.29, 0.717) is 5.56 Å². The summed E-state index contributed by atoms with van der Waals surface area (Å²) in [5.74, 6) is -0.654. The SMILES string of the molecule is COC(=O)c1ccc(/C=C/C(=O)N(C)CC#N)cc1. The monoisotopic (exact) mass is 258 g/mol. The Bertz CT molecular complexity index is 527. The molecule has 0 saturated carbocycles. The molecule has 0 fully saturated rings. The predicted molar refractivity (Wildman–Crippen MR) is 70.1 cm³/mol. The number of hydrogen-bond donors (Lipinski definition) is 0. The maximum absolute atomic E-state index is 11.5. The van der Waals surface area contributed by atoms with Gasteiger partial charge in [0.1, 0.15) is 6.54 Å². The third-order valence-corrected chi connectivity index (χ3v) is 2.43. The molecule has 0 saturated heterocycles. The zero-order valence-electron chi connectivity index (χ0n) is 10.8. The Morgan fingerprint density at radius 2 is 2.00 bits per heavy atom. The van der Waals surface area contributed by atoms with Crippen molar-refractivity contribution in [2.45, 2.75) is 0 Å². The summed E-state index contributed by atoms with van der Waals surface area (Å²) in [6.07, 6.45) is 3.00. The van der Waals surface area contributed by atoms with Gasteiger partial charge in [-0.1, -0.05) is 12.1 Å². The van der Waals surface area contributed by atoms with Crippen LogP contribution in [0.5, 0.6) is 0 Å². The normalized spacial score (nSPS) is 9.95. The van der Waals surface area contributed by atoms with Gasteiger partial charge in [0.05, 0.1) is 18.7 Å². The van der Waals surface area contributed by atoms with Crippen molar-refractivity contribution in [2.75, 3.05) is 20.7 Å². The van der Waals surface area contributed by atoms with E-state index in [1.165, 1.54) is 18.1 Å². The number of likely N-dealkylation sites (N-methyl/N-ethyl adjacent to an activating group) is 1. The molecule has 1 rings (SSSR count). The number of esters is 1. The Morgan fingerprint density at radius 3 is 2.53 bits per heavy atom. The maximum Gasteiger partial charge on any atom is 0.337 e. The van der Waals surface area contributed by atoms with E-state index in [0.717, 1.165) is 5.56 Å². The first-order valence-electron chi connectivity index (χ1n) is 5.57. The highest BCUT2D eigenvalue weighted by molar-refractivity contribution is 5.92. The Hall–Kier alpha value is -2.61. The zero-order chi connectivity index (χ0) is 14.3. The summed E-state index contributed by atoms with van der Waals surface area (Å²) in [7, 11) is 2.87. The molecule has 1 amide bonds. The topological polar surface area (TPSA) is 70.4 Å². The number of hydrogen-bond acceptors (Lipinski definition) is 4. The van der Waals surface area contributed by atoms with Gasteiger partial charge in [-0.3, -0.25) is 4.79 Å². The van der Waals surface area contributed by atoms with Gasteiger partial charge in [0.25, 0.3) is 0 Å². The Morgan fingerprint density at radius 1 is 1.37 bits per heavy atom. The van der Waals surface area contributed by atoms with Gasteiger partial charge < -0.3 is 9.64 Å². The van der Waals surface area contributed by atoms with Crippen molar-refractivity contribution >= 4 is 18.0 Å². The van der Waals surface area contributed by atoms with Crippen LogP contribution in [0.15, 0.2) is 30.3 Å². The minimum Gasteiger partial charge on any atom is -0.465 e. The highest BCUT2D eigenvalue weighted by Crippen LogP contribution is 2.07. The van der Waals surface area contributed by atoms with E-state index in [-0.39, 0.29) is 12.5 Å². The number of nitriles is 1. The highest BCUT2D eigenvalue weighted by atomic mass is 16.5. The smallest absolute Gasteiger partial charge is 0.337 e. The summed E-state index contributed by atoms with van der Waals surface area (Å²) >= 11 is 0. The zero-order valence-corrected chi connectivity index (χ0v) is 10.8. The fourth-order valence-electron chi connectivity index (χ4n) is 1.33. The first kappa shape index (κ1) is 14.5. The van der Waals surface area contributed by atoms with Crippen molar-refractivity contribution in [1.82, 2.24) is 4.90 Å². The number of benzene rings is 1. The van der Waals surface area contributed by atoms with Crippen LogP contribution in [0.1, 0.15) is 15.9 Å². The molecular formula is C14H14N2O3. The molecule has 0 spiro atoms. The first-order chi connectivity index (χ1) is 9.08. The van der Waals surface area contributed by atoms with Crippen LogP contribution >= 0.6 is 0 Å². The molecule has 0 N–H and O–H groups in total. The lowest BCUT2D eigenvalue weighted by molar-refractivity contribution is -0.124. The van der Waals surface area contributed by atoms with Gasteiger partial charge in [0.2, 0.25) is 5.91 Å². The summed E-state index contributed by atoms with van der Waals surface area (Å²) in [6.45, 7) is 0.0461. The van der Waals surface area contributed by atoms with Gasteiger partial charge >= 0.3 is 5.97 Å². The number of nitrogens with zero attached hydrogens (tertiary/aromatic N) is 2. The van der Waals surface area contributed by atoms with E-state index in [4.69, 9.17) is 5.26 Å². The second-order valence-corrected chi connectivity index (χ2v) is 3.80.